The monoisotopic (exact) mass is 437 g/mol. The lowest BCUT2D eigenvalue weighted by Gasteiger charge is -2.43. The molecule has 0 aliphatic heterocycles. The summed E-state index contributed by atoms with van der Waals surface area (Å²) in [5.41, 5.74) is 2.70. The SMILES string of the molecule is CCC(C)C(=O)O[C@H]1C[C@@H](C)C=C2C=C[C@H](C)C(CCC(O)C[C@@H](O)CC(=O)NO)[C@H]21. The third kappa shape index (κ3) is 7.16. The van der Waals surface area contributed by atoms with Gasteiger partial charge in [-0.25, -0.2) is 5.48 Å². The third-order valence-corrected chi connectivity index (χ3v) is 6.80. The van der Waals surface area contributed by atoms with Gasteiger partial charge in [0.2, 0.25) is 5.91 Å². The molecule has 8 atom stereocenters. The van der Waals surface area contributed by atoms with Crippen LogP contribution in [0.1, 0.15) is 66.2 Å². The zero-order valence-corrected chi connectivity index (χ0v) is 19.2. The summed E-state index contributed by atoms with van der Waals surface area (Å²) in [6.45, 7) is 8.16. The van der Waals surface area contributed by atoms with Crippen molar-refractivity contribution < 1.29 is 29.7 Å². The van der Waals surface area contributed by atoms with Crippen molar-refractivity contribution in [3.05, 3.63) is 23.8 Å². The minimum absolute atomic E-state index is 0.0706. The lowest BCUT2D eigenvalue weighted by atomic mass is 9.65. The molecule has 7 heteroatoms. The molecule has 2 aliphatic rings. The molecule has 0 heterocycles. The average molecular weight is 438 g/mol. The first-order chi connectivity index (χ1) is 14.7. The van der Waals surface area contributed by atoms with Crippen LogP contribution in [0.5, 0.6) is 0 Å². The molecular formula is C24H39NO6. The first kappa shape index (κ1) is 25.6. The molecule has 0 fully saturated rings. The molecule has 176 valence electrons. The van der Waals surface area contributed by atoms with E-state index in [1.807, 2.05) is 13.8 Å². The van der Waals surface area contributed by atoms with Gasteiger partial charge in [-0.05, 0) is 55.4 Å². The van der Waals surface area contributed by atoms with Gasteiger partial charge in [0, 0.05) is 5.92 Å². The van der Waals surface area contributed by atoms with Crippen LogP contribution in [-0.2, 0) is 14.3 Å². The van der Waals surface area contributed by atoms with Gasteiger partial charge in [-0.3, -0.25) is 14.8 Å². The number of carbonyl (C=O) groups excluding carboxylic acids is 2. The topological polar surface area (TPSA) is 116 Å². The first-order valence-corrected chi connectivity index (χ1v) is 11.6. The van der Waals surface area contributed by atoms with E-state index in [-0.39, 0.29) is 48.6 Å². The van der Waals surface area contributed by atoms with E-state index in [4.69, 9.17) is 9.94 Å². The number of ether oxygens (including phenoxy) is 1. The molecule has 0 spiro atoms. The van der Waals surface area contributed by atoms with E-state index in [1.54, 1.807) is 0 Å². The molecule has 0 radical (unpaired) electrons. The van der Waals surface area contributed by atoms with Gasteiger partial charge >= 0.3 is 5.97 Å². The summed E-state index contributed by atoms with van der Waals surface area (Å²) in [4.78, 5) is 23.7. The fourth-order valence-corrected chi connectivity index (χ4v) is 4.81. The highest BCUT2D eigenvalue weighted by Gasteiger charge is 2.41. The predicted octanol–water partition coefficient (Wildman–Crippen LogP) is 3.14. The minimum Gasteiger partial charge on any atom is -0.461 e. The van der Waals surface area contributed by atoms with Crippen molar-refractivity contribution in [1.29, 1.82) is 0 Å². The summed E-state index contributed by atoms with van der Waals surface area (Å²) in [6, 6.07) is 0. The number of allylic oxidation sites excluding steroid dienone is 3. The van der Waals surface area contributed by atoms with E-state index in [0.29, 0.717) is 12.3 Å². The number of hydrogen-bond donors (Lipinski definition) is 4. The molecule has 2 aliphatic carbocycles. The van der Waals surface area contributed by atoms with Crippen molar-refractivity contribution >= 4 is 11.9 Å². The van der Waals surface area contributed by atoms with Crippen molar-refractivity contribution in [2.24, 2.45) is 29.6 Å². The Labute approximate surface area is 185 Å². The fourth-order valence-electron chi connectivity index (χ4n) is 4.81. The van der Waals surface area contributed by atoms with Crippen molar-refractivity contribution in [3.63, 3.8) is 0 Å². The molecular weight excluding hydrogens is 398 g/mol. The number of amides is 1. The molecule has 0 aromatic rings. The Balaban J connectivity index is 2.06. The molecule has 0 bridgehead atoms. The van der Waals surface area contributed by atoms with Crippen molar-refractivity contribution in [2.75, 3.05) is 0 Å². The van der Waals surface area contributed by atoms with Crippen LogP contribution in [0.4, 0.5) is 0 Å². The van der Waals surface area contributed by atoms with Crippen molar-refractivity contribution in [1.82, 2.24) is 5.48 Å². The number of aliphatic hydroxyl groups excluding tert-OH is 2. The van der Waals surface area contributed by atoms with Crippen LogP contribution in [0.25, 0.3) is 0 Å². The fraction of sp³-hybridized carbons (Fsp3) is 0.750. The number of fused-ring (bicyclic) bond motifs is 1. The van der Waals surface area contributed by atoms with Gasteiger partial charge < -0.3 is 14.9 Å². The molecule has 0 saturated carbocycles. The van der Waals surface area contributed by atoms with Gasteiger partial charge in [-0.2, -0.15) is 0 Å². The molecule has 3 unspecified atom stereocenters. The minimum atomic E-state index is -1.01. The molecule has 0 aromatic heterocycles. The summed E-state index contributed by atoms with van der Waals surface area (Å²) in [6.07, 6.45) is 7.22. The summed E-state index contributed by atoms with van der Waals surface area (Å²) < 4.78 is 6.01. The second-order valence-electron chi connectivity index (χ2n) is 9.43. The van der Waals surface area contributed by atoms with Gasteiger partial charge in [0.1, 0.15) is 6.10 Å². The summed E-state index contributed by atoms with van der Waals surface area (Å²) in [7, 11) is 0. The maximum absolute atomic E-state index is 12.5. The van der Waals surface area contributed by atoms with Gasteiger partial charge in [0.25, 0.3) is 0 Å². The van der Waals surface area contributed by atoms with Crippen LogP contribution >= 0.6 is 0 Å². The number of rotatable bonds is 10. The zero-order chi connectivity index (χ0) is 23.1. The molecule has 7 nitrogen and oxygen atoms in total. The zero-order valence-electron chi connectivity index (χ0n) is 19.2. The van der Waals surface area contributed by atoms with E-state index < -0.39 is 18.1 Å². The Morgan fingerprint density at radius 3 is 2.61 bits per heavy atom. The van der Waals surface area contributed by atoms with Gasteiger partial charge in [-0.1, -0.05) is 45.9 Å². The quantitative estimate of drug-likeness (QED) is 0.237. The van der Waals surface area contributed by atoms with Crippen LogP contribution in [0, 0.1) is 29.6 Å². The highest BCUT2D eigenvalue weighted by atomic mass is 16.5. The van der Waals surface area contributed by atoms with E-state index >= 15 is 0 Å². The van der Waals surface area contributed by atoms with Crippen LogP contribution in [0.15, 0.2) is 23.8 Å². The maximum atomic E-state index is 12.5. The van der Waals surface area contributed by atoms with Crippen molar-refractivity contribution in [3.8, 4) is 0 Å². The highest BCUT2D eigenvalue weighted by Crippen LogP contribution is 2.45. The van der Waals surface area contributed by atoms with E-state index in [2.05, 4.69) is 32.1 Å². The predicted molar refractivity (Wildman–Crippen MR) is 117 cm³/mol. The Morgan fingerprint density at radius 1 is 1.26 bits per heavy atom. The lowest BCUT2D eigenvalue weighted by Crippen LogP contribution is -2.41. The molecule has 31 heavy (non-hydrogen) atoms. The highest BCUT2D eigenvalue weighted by molar-refractivity contribution is 5.75. The van der Waals surface area contributed by atoms with Crippen LogP contribution in [-0.4, -0.2) is 45.6 Å². The smallest absolute Gasteiger partial charge is 0.308 e. The normalized spacial score (nSPS) is 30.5. The molecule has 1 amide bonds. The largest absolute Gasteiger partial charge is 0.461 e. The molecule has 2 rings (SSSR count). The number of carbonyl (C=O) groups is 2. The third-order valence-electron chi connectivity index (χ3n) is 6.80. The summed E-state index contributed by atoms with van der Waals surface area (Å²) in [5.74, 6) is -0.0302. The van der Waals surface area contributed by atoms with E-state index in [0.717, 1.165) is 19.3 Å². The Morgan fingerprint density at radius 2 is 1.97 bits per heavy atom. The average Bonchev–Trinajstić information content (AvgIpc) is 2.72. The molecule has 0 saturated heterocycles. The maximum Gasteiger partial charge on any atom is 0.308 e. The Hall–Kier alpha value is -1.70. The van der Waals surface area contributed by atoms with Crippen LogP contribution < -0.4 is 5.48 Å². The number of nitrogens with one attached hydrogen (secondary N) is 1. The number of esters is 1. The number of aliphatic hydroxyl groups is 2. The second-order valence-corrected chi connectivity index (χ2v) is 9.43. The summed E-state index contributed by atoms with van der Waals surface area (Å²) >= 11 is 0. The molecule has 4 N–H and O–H groups in total. The lowest BCUT2D eigenvalue weighted by molar-refractivity contribution is -0.158. The van der Waals surface area contributed by atoms with Gasteiger partial charge in [-0.15, -0.1) is 0 Å². The number of hydrogen-bond acceptors (Lipinski definition) is 6. The van der Waals surface area contributed by atoms with Gasteiger partial charge in [0.15, 0.2) is 0 Å². The first-order valence-electron chi connectivity index (χ1n) is 11.6. The Kier molecular flexibility index (Phi) is 9.72. The van der Waals surface area contributed by atoms with E-state index in [9.17, 15) is 19.8 Å². The van der Waals surface area contributed by atoms with Crippen LogP contribution in [0.2, 0.25) is 0 Å². The molecule has 0 aromatic carbocycles. The van der Waals surface area contributed by atoms with E-state index in [1.165, 1.54) is 11.1 Å². The Bertz CT molecular complexity index is 675. The standard InChI is InChI=1S/C24H39NO6/c1-5-15(3)24(29)31-21-11-14(2)10-17-7-6-16(4)20(23(17)21)9-8-18(26)12-19(27)13-22(28)25-30/h6-7,10,14-16,18-21,23,26-27,30H,5,8-9,11-13H2,1-4H3,(H,25,28)/t14-,15?,16-,18?,19+,20?,21-,23-/m0/s1. The number of hydroxylamine groups is 1. The summed E-state index contributed by atoms with van der Waals surface area (Å²) in [5, 5.41) is 28.9. The van der Waals surface area contributed by atoms with Gasteiger partial charge in [0.05, 0.1) is 24.5 Å². The second kappa shape index (κ2) is 11.8. The van der Waals surface area contributed by atoms with Crippen LogP contribution in [0.3, 0.4) is 0 Å². The van der Waals surface area contributed by atoms with Crippen molar-refractivity contribution in [2.45, 2.75) is 84.5 Å².